The first-order valence-corrected chi connectivity index (χ1v) is 11.5. The fraction of sp³-hybridized carbons (Fsp3) is 0.409. The number of thioether (sulfide) groups is 2. The zero-order valence-electron chi connectivity index (χ0n) is 16.2. The molecule has 0 radical (unpaired) electrons. The van der Waals surface area contributed by atoms with E-state index in [0.717, 1.165) is 22.6 Å². The Morgan fingerprint density at radius 2 is 1.96 bits per heavy atom. The summed E-state index contributed by atoms with van der Waals surface area (Å²) in [5.41, 5.74) is 4.36. The van der Waals surface area contributed by atoms with Crippen molar-refractivity contribution in [2.45, 2.75) is 37.7 Å². The second-order valence-corrected chi connectivity index (χ2v) is 9.81. The Bertz CT molecular complexity index is 786. The molecule has 1 amide bonds. The Morgan fingerprint density at radius 3 is 2.70 bits per heavy atom. The van der Waals surface area contributed by atoms with Gasteiger partial charge in [-0.3, -0.25) is 4.79 Å². The van der Waals surface area contributed by atoms with E-state index in [1.165, 1.54) is 23.5 Å². The molecule has 5 heteroatoms. The maximum Gasteiger partial charge on any atom is 0.262 e. The van der Waals surface area contributed by atoms with Crippen LogP contribution >= 0.6 is 23.5 Å². The summed E-state index contributed by atoms with van der Waals surface area (Å²) in [6.07, 6.45) is 1.27. The summed E-state index contributed by atoms with van der Waals surface area (Å²) < 4.78 is 6.31. The lowest BCUT2D eigenvalue weighted by Crippen LogP contribution is -2.20. The molecule has 27 heavy (non-hydrogen) atoms. The molecule has 0 atom stereocenters. The Kier molecular flexibility index (Phi) is 7.13. The molecule has 1 fully saturated rings. The Labute approximate surface area is 170 Å². The molecule has 2 aromatic carbocycles. The van der Waals surface area contributed by atoms with Crippen molar-refractivity contribution in [1.29, 1.82) is 0 Å². The van der Waals surface area contributed by atoms with Crippen molar-refractivity contribution in [3.8, 4) is 5.75 Å². The first kappa shape index (κ1) is 20.2. The van der Waals surface area contributed by atoms with Gasteiger partial charge in [0.2, 0.25) is 0 Å². The first-order chi connectivity index (χ1) is 13.0. The second kappa shape index (κ2) is 9.56. The summed E-state index contributed by atoms with van der Waals surface area (Å²) in [6.45, 7) is 6.30. The number of carbonyl (C=O) groups excluding carboxylic acids is 1. The van der Waals surface area contributed by atoms with Crippen LogP contribution in [0, 0.1) is 6.92 Å². The first-order valence-electron chi connectivity index (χ1n) is 9.39. The zero-order valence-corrected chi connectivity index (χ0v) is 17.8. The van der Waals surface area contributed by atoms with Crippen LogP contribution in [0.2, 0.25) is 0 Å². The van der Waals surface area contributed by atoms with Gasteiger partial charge in [-0.15, -0.1) is 23.5 Å². The van der Waals surface area contributed by atoms with E-state index < -0.39 is 0 Å². The van der Waals surface area contributed by atoms with Gasteiger partial charge in [0.25, 0.3) is 5.91 Å². The molecule has 1 aliphatic rings. The van der Waals surface area contributed by atoms with Gasteiger partial charge in [0.05, 0.1) is 4.58 Å². The third-order valence-electron chi connectivity index (χ3n) is 4.42. The largest absolute Gasteiger partial charge is 0.483 e. The van der Waals surface area contributed by atoms with Gasteiger partial charge in [-0.2, -0.15) is 0 Å². The zero-order chi connectivity index (χ0) is 19.2. The molecule has 1 N–H and O–H groups in total. The van der Waals surface area contributed by atoms with Crippen LogP contribution in [0.25, 0.3) is 0 Å². The highest BCUT2D eigenvalue weighted by atomic mass is 32.2. The second-order valence-electron chi connectivity index (χ2n) is 7.09. The average Bonchev–Trinajstić information content (AvgIpc) is 2.67. The number of benzene rings is 2. The van der Waals surface area contributed by atoms with Crippen molar-refractivity contribution in [2.24, 2.45) is 0 Å². The van der Waals surface area contributed by atoms with E-state index in [9.17, 15) is 4.79 Å². The van der Waals surface area contributed by atoms with Gasteiger partial charge in [-0.1, -0.05) is 38.1 Å². The van der Waals surface area contributed by atoms with Crippen molar-refractivity contribution in [3.05, 3.63) is 59.2 Å². The van der Waals surface area contributed by atoms with Gasteiger partial charge >= 0.3 is 0 Å². The quantitative estimate of drug-likeness (QED) is 0.644. The van der Waals surface area contributed by atoms with Crippen molar-refractivity contribution >= 4 is 35.1 Å². The number of hydrogen-bond donors (Lipinski definition) is 1. The molecule has 3 rings (SSSR count). The van der Waals surface area contributed by atoms with E-state index in [0.29, 0.717) is 10.5 Å². The number of hydrogen-bond acceptors (Lipinski definition) is 4. The highest BCUT2D eigenvalue weighted by Crippen LogP contribution is 2.44. The lowest BCUT2D eigenvalue weighted by Gasteiger charge is -2.21. The minimum absolute atomic E-state index is 0.0142. The number of rotatable bonds is 6. The van der Waals surface area contributed by atoms with Crippen molar-refractivity contribution in [2.75, 3.05) is 23.4 Å². The number of nitrogens with one attached hydrogen (secondary N) is 1. The minimum Gasteiger partial charge on any atom is -0.483 e. The number of carbonyl (C=O) groups is 1. The minimum atomic E-state index is -0.132. The van der Waals surface area contributed by atoms with E-state index in [1.807, 2.05) is 48.6 Å². The van der Waals surface area contributed by atoms with Gasteiger partial charge in [0.1, 0.15) is 5.75 Å². The third kappa shape index (κ3) is 5.69. The molecule has 144 valence electrons. The molecule has 1 aliphatic heterocycles. The molecular weight excluding hydrogens is 374 g/mol. The summed E-state index contributed by atoms with van der Waals surface area (Å²) in [5, 5.41) is 2.97. The fourth-order valence-corrected chi connectivity index (χ4v) is 5.90. The fourth-order valence-electron chi connectivity index (χ4n) is 3.03. The number of ether oxygens (including phenoxy) is 1. The number of aryl methyl sites for hydroxylation is 1. The van der Waals surface area contributed by atoms with Crippen LogP contribution in [0.4, 0.5) is 5.69 Å². The van der Waals surface area contributed by atoms with Gasteiger partial charge in [0.15, 0.2) is 6.61 Å². The average molecular weight is 402 g/mol. The summed E-state index contributed by atoms with van der Waals surface area (Å²) in [5.74, 6) is 3.43. The normalized spacial score (nSPS) is 15.0. The number of amides is 1. The molecule has 3 nitrogen and oxygen atoms in total. The molecule has 1 saturated heterocycles. The van der Waals surface area contributed by atoms with Crippen LogP contribution < -0.4 is 10.1 Å². The van der Waals surface area contributed by atoms with Crippen LogP contribution in [0.1, 0.15) is 47.5 Å². The van der Waals surface area contributed by atoms with E-state index in [-0.39, 0.29) is 12.5 Å². The van der Waals surface area contributed by atoms with Crippen molar-refractivity contribution in [3.63, 3.8) is 0 Å². The molecule has 0 spiro atoms. The molecule has 1 heterocycles. The summed E-state index contributed by atoms with van der Waals surface area (Å²) in [4.78, 5) is 12.4. The molecule has 0 bridgehead atoms. The maximum atomic E-state index is 12.4. The van der Waals surface area contributed by atoms with Crippen LogP contribution in [-0.2, 0) is 4.79 Å². The van der Waals surface area contributed by atoms with Crippen LogP contribution in [0.3, 0.4) is 0 Å². The molecule has 0 saturated carbocycles. The van der Waals surface area contributed by atoms with E-state index >= 15 is 0 Å². The van der Waals surface area contributed by atoms with Crippen LogP contribution in [0.15, 0.2) is 42.5 Å². The summed E-state index contributed by atoms with van der Waals surface area (Å²) in [6, 6.07) is 14.3. The summed E-state index contributed by atoms with van der Waals surface area (Å²) >= 11 is 3.97. The lowest BCUT2D eigenvalue weighted by atomic mass is 10.0. The van der Waals surface area contributed by atoms with Gasteiger partial charge in [-0.05, 0) is 65.7 Å². The van der Waals surface area contributed by atoms with E-state index in [4.69, 9.17) is 4.74 Å². The van der Waals surface area contributed by atoms with E-state index in [1.54, 1.807) is 0 Å². The van der Waals surface area contributed by atoms with Crippen LogP contribution in [0.5, 0.6) is 5.75 Å². The molecule has 2 aromatic rings. The molecular formula is C22H27NO2S2. The van der Waals surface area contributed by atoms with Gasteiger partial charge < -0.3 is 10.1 Å². The standard InChI is InChI=1S/C22H27NO2S2/c1-15(2)19-9-8-16(3)12-20(19)25-14-21(24)23-18-7-4-6-17(13-18)22-26-10-5-11-27-22/h4,6-9,12-13,15,22H,5,10-11,14H2,1-3H3,(H,23,24). The summed E-state index contributed by atoms with van der Waals surface area (Å²) in [7, 11) is 0. The highest BCUT2D eigenvalue weighted by molar-refractivity contribution is 8.16. The Hall–Kier alpha value is -1.59. The molecule has 0 aromatic heterocycles. The smallest absolute Gasteiger partial charge is 0.262 e. The third-order valence-corrected chi connectivity index (χ3v) is 7.43. The molecule has 0 unspecified atom stereocenters. The maximum absolute atomic E-state index is 12.4. The topological polar surface area (TPSA) is 38.3 Å². The predicted molar refractivity (Wildman–Crippen MR) is 118 cm³/mol. The SMILES string of the molecule is Cc1ccc(C(C)C)c(OCC(=O)Nc2cccc(C3SCCCS3)c2)c1. The predicted octanol–water partition coefficient (Wildman–Crippen LogP) is 6.00. The van der Waals surface area contributed by atoms with Gasteiger partial charge in [0, 0.05) is 5.69 Å². The lowest BCUT2D eigenvalue weighted by molar-refractivity contribution is -0.118. The van der Waals surface area contributed by atoms with Crippen LogP contribution in [-0.4, -0.2) is 24.0 Å². The Balaban J connectivity index is 1.61. The van der Waals surface area contributed by atoms with Crippen molar-refractivity contribution < 1.29 is 9.53 Å². The van der Waals surface area contributed by atoms with Crippen molar-refractivity contribution in [1.82, 2.24) is 0 Å². The number of anilines is 1. The van der Waals surface area contributed by atoms with Gasteiger partial charge in [-0.25, -0.2) is 0 Å². The molecule has 0 aliphatic carbocycles. The van der Waals surface area contributed by atoms with E-state index in [2.05, 4.69) is 43.4 Å². The highest BCUT2D eigenvalue weighted by Gasteiger charge is 2.17. The monoisotopic (exact) mass is 401 g/mol. The Morgan fingerprint density at radius 1 is 1.19 bits per heavy atom.